The Morgan fingerprint density at radius 2 is 1.67 bits per heavy atom. The van der Waals surface area contributed by atoms with Crippen LogP contribution in [0.5, 0.6) is 0 Å². The van der Waals surface area contributed by atoms with Gasteiger partial charge in [-0.1, -0.05) is 6.07 Å². The maximum Gasteiger partial charge on any atom is 0.227 e. The van der Waals surface area contributed by atoms with Crippen LogP contribution in [-0.4, -0.2) is 40.1 Å². The molecule has 1 aliphatic heterocycles. The Morgan fingerprint density at radius 3 is 2.33 bits per heavy atom. The number of piperazine rings is 1. The van der Waals surface area contributed by atoms with Crippen molar-refractivity contribution in [2.45, 2.75) is 25.9 Å². The van der Waals surface area contributed by atoms with Crippen LogP contribution in [0.15, 0.2) is 53.3 Å². The lowest BCUT2D eigenvalue weighted by molar-refractivity contribution is 0.403. The minimum Gasteiger partial charge on any atom is -0.340 e. The summed E-state index contributed by atoms with van der Waals surface area (Å²) in [5, 5.41) is 9.75. The highest BCUT2D eigenvalue weighted by Gasteiger charge is 2.23. The van der Waals surface area contributed by atoms with Crippen molar-refractivity contribution in [2.24, 2.45) is 0 Å². The van der Waals surface area contributed by atoms with Gasteiger partial charge in [0.2, 0.25) is 5.95 Å². The molecule has 0 unspecified atom stereocenters. The van der Waals surface area contributed by atoms with Crippen LogP contribution in [0, 0.1) is 5.82 Å². The highest BCUT2D eigenvalue weighted by atomic mass is 79.9. The summed E-state index contributed by atoms with van der Waals surface area (Å²) in [6.45, 7) is 5.79. The van der Waals surface area contributed by atoms with Crippen LogP contribution >= 0.6 is 15.9 Å². The molecule has 2 aromatic heterocycles. The molecule has 1 fully saturated rings. The van der Waals surface area contributed by atoms with Crippen molar-refractivity contribution in [2.75, 3.05) is 28.6 Å². The molecule has 156 valence electrons. The van der Waals surface area contributed by atoms with Gasteiger partial charge in [-0.05, 0) is 66.2 Å². The van der Waals surface area contributed by atoms with Crippen molar-refractivity contribution in [3.63, 3.8) is 0 Å². The monoisotopic (exact) mass is 471 g/mol. The molecule has 1 aromatic carbocycles. The van der Waals surface area contributed by atoms with Gasteiger partial charge in [0.1, 0.15) is 10.4 Å². The Hall–Kier alpha value is -2.78. The van der Waals surface area contributed by atoms with E-state index in [2.05, 4.69) is 65.6 Å². The SMILES string of the molecule is C[C@@H]1CN(c2ncc(F)c(Nc3ccc(Nc4cccc(Br)n4)cc3)n2)C[C@H](C)N1. The summed E-state index contributed by atoms with van der Waals surface area (Å²) in [4.78, 5) is 15.0. The lowest BCUT2D eigenvalue weighted by Gasteiger charge is -2.36. The molecule has 4 rings (SSSR count). The van der Waals surface area contributed by atoms with Gasteiger partial charge in [-0.3, -0.25) is 0 Å². The molecule has 0 aliphatic carbocycles. The lowest BCUT2D eigenvalue weighted by Crippen LogP contribution is -2.54. The summed E-state index contributed by atoms with van der Waals surface area (Å²) in [5.74, 6) is 0.929. The number of halogens is 2. The first-order valence-electron chi connectivity index (χ1n) is 9.76. The van der Waals surface area contributed by atoms with Gasteiger partial charge in [0.15, 0.2) is 11.6 Å². The van der Waals surface area contributed by atoms with E-state index in [4.69, 9.17) is 0 Å². The van der Waals surface area contributed by atoms with Gasteiger partial charge in [0.05, 0.1) is 6.20 Å². The zero-order valence-electron chi connectivity index (χ0n) is 16.7. The van der Waals surface area contributed by atoms with Gasteiger partial charge in [-0.25, -0.2) is 14.4 Å². The highest BCUT2D eigenvalue weighted by molar-refractivity contribution is 9.10. The first-order chi connectivity index (χ1) is 14.5. The zero-order chi connectivity index (χ0) is 21.1. The van der Waals surface area contributed by atoms with E-state index >= 15 is 0 Å². The molecule has 3 heterocycles. The average molecular weight is 472 g/mol. The minimum absolute atomic E-state index is 0.160. The van der Waals surface area contributed by atoms with Gasteiger partial charge in [-0.15, -0.1) is 0 Å². The van der Waals surface area contributed by atoms with Gasteiger partial charge in [0, 0.05) is 36.5 Å². The second-order valence-electron chi connectivity index (χ2n) is 7.41. The van der Waals surface area contributed by atoms with Gasteiger partial charge in [0.25, 0.3) is 0 Å². The topological polar surface area (TPSA) is 78.0 Å². The first kappa shape index (κ1) is 20.5. The molecule has 0 radical (unpaired) electrons. The third kappa shape index (κ3) is 5.03. The molecular formula is C21H23BrFN7. The predicted octanol–water partition coefficient (Wildman–Crippen LogP) is 4.45. The molecule has 0 amide bonds. The van der Waals surface area contributed by atoms with E-state index in [0.717, 1.165) is 34.9 Å². The molecule has 3 N–H and O–H groups in total. The van der Waals surface area contributed by atoms with Gasteiger partial charge < -0.3 is 20.9 Å². The van der Waals surface area contributed by atoms with E-state index in [-0.39, 0.29) is 5.82 Å². The van der Waals surface area contributed by atoms with Crippen molar-refractivity contribution < 1.29 is 4.39 Å². The number of benzene rings is 1. The van der Waals surface area contributed by atoms with Crippen LogP contribution in [0.25, 0.3) is 0 Å². The maximum absolute atomic E-state index is 14.3. The van der Waals surface area contributed by atoms with Crippen LogP contribution < -0.4 is 20.9 Å². The van der Waals surface area contributed by atoms with E-state index in [1.165, 1.54) is 6.20 Å². The molecule has 30 heavy (non-hydrogen) atoms. The van der Waals surface area contributed by atoms with E-state index in [1.54, 1.807) is 0 Å². The van der Waals surface area contributed by atoms with Crippen LogP contribution in [0.3, 0.4) is 0 Å². The van der Waals surface area contributed by atoms with E-state index in [1.807, 2.05) is 42.5 Å². The standard InChI is InChI=1S/C21H23BrFN7/c1-13-11-30(12-14(2)25-13)21-24-10-17(23)20(29-21)27-16-8-6-15(7-9-16)26-19-5-3-4-18(22)28-19/h3-10,13-14,25H,11-12H2,1-2H3,(H,26,28)(H,24,27,29)/t13-,14+. The molecular weight excluding hydrogens is 449 g/mol. The van der Waals surface area contributed by atoms with Crippen LogP contribution in [-0.2, 0) is 0 Å². The number of rotatable bonds is 5. The highest BCUT2D eigenvalue weighted by Crippen LogP contribution is 2.24. The van der Waals surface area contributed by atoms with Crippen LogP contribution in [0.2, 0.25) is 0 Å². The maximum atomic E-state index is 14.3. The van der Waals surface area contributed by atoms with Crippen LogP contribution in [0.1, 0.15) is 13.8 Å². The quantitative estimate of drug-likeness (QED) is 0.474. The van der Waals surface area contributed by atoms with Gasteiger partial charge in [-0.2, -0.15) is 4.98 Å². The minimum atomic E-state index is -0.490. The predicted molar refractivity (Wildman–Crippen MR) is 121 cm³/mol. The largest absolute Gasteiger partial charge is 0.340 e. The number of hydrogen-bond donors (Lipinski definition) is 3. The molecule has 0 saturated carbocycles. The fourth-order valence-corrected chi connectivity index (χ4v) is 3.83. The van der Waals surface area contributed by atoms with Crippen molar-refractivity contribution in [1.29, 1.82) is 0 Å². The smallest absolute Gasteiger partial charge is 0.227 e. The number of nitrogens with zero attached hydrogens (tertiary/aromatic N) is 4. The Morgan fingerprint density at radius 1 is 1.00 bits per heavy atom. The Bertz CT molecular complexity index is 1000. The molecule has 2 atom stereocenters. The molecule has 0 bridgehead atoms. The summed E-state index contributed by atoms with van der Waals surface area (Å²) < 4.78 is 15.1. The fraction of sp³-hybridized carbons (Fsp3) is 0.286. The summed E-state index contributed by atoms with van der Waals surface area (Å²) in [6, 6.07) is 13.8. The molecule has 1 saturated heterocycles. The first-order valence-corrected chi connectivity index (χ1v) is 10.6. The third-order valence-electron chi connectivity index (χ3n) is 4.71. The van der Waals surface area contributed by atoms with E-state index in [0.29, 0.717) is 18.0 Å². The van der Waals surface area contributed by atoms with E-state index < -0.39 is 5.82 Å². The van der Waals surface area contributed by atoms with Crippen molar-refractivity contribution in [3.8, 4) is 0 Å². The zero-order valence-corrected chi connectivity index (χ0v) is 18.3. The molecule has 0 spiro atoms. The molecule has 9 heteroatoms. The summed E-state index contributed by atoms with van der Waals surface area (Å²) in [6.07, 6.45) is 1.22. The second-order valence-corrected chi connectivity index (χ2v) is 8.23. The van der Waals surface area contributed by atoms with E-state index in [9.17, 15) is 4.39 Å². The number of nitrogens with one attached hydrogen (secondary N) is 3. The molecule has 3 aromatic rings. The number of pyridine rings is 1. The normalized spacial score (nSPS) is 18.9. The van der Waals surface area contributed by atoms with Crippen molar-refractivity contribution in [1.82, 2.24) is 20.3 Å². The summed E-state index contributed by atoms with van der Waals surface area (Å²) in [5.41, 5.74) is 1.60. The van der Waals surface area contributed by atoms with Crippen LogP contribution in [0.4, 0.5) is 33.3 Å². The number of anilines is 5. The molecule has 1 aliphatic rings. The van der Waals surface area contributed by atoms with Crippen molar-refractivity contribution >= 4 is 44.9 Å². The Balaban J connectivity index is 1.47. The number of hydrogen-bond acceptors (Lipinski definition) is 7. The number of aromatic nitrogens is 3. The molecule has 7 nitrogen and oxygen atoms in total. The Kier molecular flexibility index (Phi) is 6.10. The Labute approximate surface area is 183 Å². The summed E-state index contributed by atoms with van der Waals surface area (Å²) in [7, 11) is 0. The van der Waals surface area contributed by atoms with Gasteiger partial charge >= 0.3 is 0 Å². The summed E-state index contributed by atoms with van der Waals surface area (Å²) >= 11 is 3.36. The third-order valence-corrected chi connectivity index (χ3v) is 5.15. The lowest BCUT2D eigenvalue weighted by atomic mass is 10.1. The van der Waals surface area contributed by atoms with Crippen molar-refractivity contribution in [3.05, 3.63) is 59.1 Å². The second kappa shape index (κ2) is 8.93. The average Bonchev–Trinajstić information content (AvgIpc) is 2.70. The fourth-order valence-electron chi connectivity index (χ4n) is 3.49.